The van der Waals surface area contributed by atoms with Crippen LogP contribution in [-0.2, 0) is 4.79 Å². The van der Waals surface area contributed by atoms with Crippen molar-refractivity contribution in [2.75, 3.05) is 0 Å². The summed E-state index contributed by atoms with van der Waals surface area (Å²) in [6.07, 6.45) is 0. The van der Waals surface area contributed by atoms with E-state index in [-0.39, 0.29) is 17.2 Å². The summed E-state index contributed by atoms with van der Waals surface area (Å²) in [5.41, 5.74) is 0.133. The second kappa shape index (κ2) is 6.19. The Balaban J connectivity index is 2.72. The molecular formula is C13H16ClF2NO2. The summed E-state index contributed by atoms with van der Waals surface area (Å²) in [7, 11) is 0. The van der Waals surface area contributed by atoms with Gasteiger partial charge >= 0.3 is 6.61 Å². The van der Waals surface area contributed by atoms with Crippen molar-refractivity contribution in [2.24, 2.45) is 0 Å². The fourth-order valence-corrected chi connectivity index (χ4v) is 1.60. The van der Waals surface area contributed by atoms with Crippen LogP contribution in [0.1, 0.15) is 31.7 Å². The van der Waals surface area contributed by atoms with Gasteiger partial charge in [0, 0.05) is 5.54 Å². The first-order chi connectivity index (χ1) is 8.69. The number of hydrogen-bond acceptors (Lipinski definition) is 2. The maximum Gasteiger partial charge on any atom is 0.387 e. The summed E-state index contributed by atoms with van der Waals surface area (Å²) >= 11 is 6.02. The maximum absolute atomic E-state index is 12.0. The number of benzene rings is 1. The molecule has 1 rings (SSSR count). The van der Waals surface area contributed by atoms with Crippen molar-refractivity contribution in [3.05, 3.63) is 29.8 Å². The number of carbonyl (C=O) groups excluding carboxylic acids is 1. The Kier molecular flexibility index (Phi) is 5.11. The first-order valence-electron chi connectivity index (χ1n) is 5.70. The Morgan fingerprint density at radius 3 is 2.21 bits per heavy atom. The van der Waals surface area contributed by atoms with Crippen molar-refractivity contribution in [2.45, 2.75) is 38.3 Å². The van der Waals surface area contributed by atoms with Crippen LogP contribution < -0.4 is 10.1 Å². The second-order valence-corrected chi connectivity index (χ2v) is 5.49. The van der Waals surface area contributed by atoms with Gasteiger partial charge in [0.1, 0.15) is 11.1 Å². The number of amides is 1. The van der Waals surface area contributed by atoms with Gasteiger partial charge in [0.2, 0.25) is 5.91 Å². The number of hydrogen-bond donors (Lipinski definition) is 1. The lowest BCUT2D eigenvalue weighted by molar-refractivity contribution is -0.122. The molecule has 1 aromatic rings. The molecule has 0 aromatic heterocycles. The maximum atomic E-state index is 12.0. The van der Waals surface area contributed by atoms with Gasteiger partial charge < -0.3 is 10.1 Å². The molecule has 0 heterocycles. The van der Waals surface area contributed by atoms with Crippen molar-refractivity contribution in [1.29, 1.82) is 0 Å². The third kappa shape index (κ3) is 5.42. The Morgan fingerprint density at radius 2 is 1.79 bits per heavy atom. The van der Waals surface area contributed by atoms with Crippen molar-refractivity contribution >= 4 is 17.5 Å². The quantitative estimate of drug-likeness (QED) is 0.863. The van der Waals surface area contributed by atoms with E-state index in [2.05, 4.69) is 10.1 Å². The second-order valence-electron chi connectivity index (χ2n) is 5.05. The fraction of sp³-hybridized carbons (Fsp3) is 0.462. The predicted molar refractivity (Wildman–Crippen MR) is 69.6 cm³/mol. The molecule has 19 heavy (non-hydrogen) atoms. The van der Waals surface area contributed by atoms with Crippen molar-refractivity contribution in [3.63, 3.8) is 0 Å². The Labute approximate surface area is 115 Å². The van der Waals surface area contributed by atoms with Crippen LogP contribution in [0.25, 0.3) is 0 Å². The van der Waals surface area contributed by atoms with Crippen LogP contribution in [0.2, 0.25) is 0 Å². The molecule has 1 N–H and O–H groups in total. The summed E-state index contributed by atoms with van der Waals surface area (Å²) in [5, 5.41) is 1.87. The Hall–Kier alpha value is -1.36. The molecule has 0 spiro atoms. The van der Waals surface area contributed by atoms with Crippen LogP contribution in [0.5, 0.6) is 5.75 Å². The number of rotatable bonds is 4. The lowest BCUT2D eigenvalue weighted by atomic mass is 10.1. The van der Waals surface area contributed by atoms with Crippen LogP contribution in [0, 0.1) is 0 Å². The zero-order valence-electron chi connectivity index (χ0n) is 10.9. The van der Waals surface area contributed by atoms with Gasteiger partial charge in [0.25, 0.3) is 0 Å². The van der Waals surface area contributed by atoms with Crippen LogP contribution in [-0.4, -0.2) is 18.1 Å². The highest BCUT2D eigenvalue weighted by Gasteiger charge is 2.22. The van der Waals surface area contributed by atoms with Gasteiger partial charge in [0.05, 0.1) is 0 Å². The molecule has 106 valence electrons. The highest BCUT2D eigenvalue weighted by atomic mass is 35.5. The molecule has 1 aromatic carbocycles. The van der Waals surface area contributed by atoms with E-state index in [9.17, 15) is 13.6 Å². The monoisotopic (exact) mass is 291 g/mol. The molecule has 0 saturated heterocycles. The minimum absolute atomic E-state index is 0.0267. The van der Waals surface area contributed by atoms with Gasteiger partial charge in [-0.2, -0.15) is 8.78 Å². The minimum atomic E-state index is -2.87. The van der Waals surface area contributed by atoms with Gasteiger partial charge in [-0.1, -0.05) is 12.1 Å². The standard InChI is InChI=1S/C13H16ClF2NO2/c1-13(2,3)17-11(18)10(14)8-4-6-9(7-5-8)19-12(15)16/h4-7,10,12H,1-3H3,(H,17,18). The van der Waals surface area contributed by atoms with Gasteiger partial charge in [-0.05, 0) is 38.5 Å². The van der Waals surface area contributed by atoms with Crippen LogP contribution in [0.15, 0.2) is 24.3 Å². The number of nitrogens with one attached hydrogen (secondary N) is 1. The van der Waals surface area contributed by atoms with E-state index in [1.807, 2.05) is 20.8 Å². The van der Waals surface area contributed by atoms with E-state index in [0.717, 1.165) is 0 Å². The third-order valence-electron chi connectivity index (χ3n) is 2.13. The first kappa shape index (κ1) is 15.7. The molecule has 3 nitrogen and oxygen atoms in total. The number of ether oxygens (including phenoxy) is 1. The van der Waals surface area contributed by atoms with Crippen LogP contribution in [0.4, 0.5) is 8.78 Å². The molecule has 1 unspecified atom stereocenters. The molecule has 1 amide bonds. The van der Waals surface area contributed by atoms with E-state index in [0.29, 0.717) is 5.56 Å². The smallest absolute Gasteiger partial charge is 0.387 e. The van der Waals surface area contributed by atoms with Crippen molar-refractivity contribution in [1.82, 2.24) is 5.32 Å². The molecule has 0 fully saturated rings. The minimum Gasteiger partial charge on any atom is -0.435 e. The molecule has 0 aliphatic carbocycles. The molecule has 0 saturated carbocycles. The van der Waals surface area contributed by atoms with Gasteiger partial charge in [-0.15, -0.1) is 11.6 Å². The highest BCUT2D eigenvalue weighted by molar-refractivity contribution is 6.30. The average molecular weight is 292 g/mol. The van der Waals surface area contributed by atoms with E-state index in [1.165, 1.54) is 24.3 Å². The third-order valence-corrected chi connectivity index (χ3v) is 2.58. The zero-order valence-corrected chi connectivity index (χ0v) is 11.7. The fourth-order valence-electron chi connectivity index (χ4n) is 1.40. The normalized spacial score (nSPS) is 13.2. The van der Waals surface area contributed by atoms with E-state index >= 15 is 0 Å². The molecule has 1 atom stereocenters. The van der Waals surface area contributed by atoms with Crippen LogP contribution in [0.3, 0.4) is 0 Å². The Morgan fingerprint density at radius 1 is 1.26 bits per heavy atom. The van der Waals surface area contributed by atoms with E-state index in [4.69, 9.17) is 11.6 Å². The molecule has 0 aliphatic heterocycles. The molecule has 6 heteroatoms. The molecule has 0 radical (unpaired) electrons. The largest absolute Gasteiger partial charge is 0.435 e. The van der Waals surface area contributed by atoms with Gasteiger partial charge in [-0.25, -0.2) is 0 Å². The lowest BCUT2D eigenvalue weighted by Crippen LogP contribution is -2.42. The summed E-state index contributed by atoms with van der Waals surface area (Å²) in [6.45, 7) is 2.65. The summed E-state index contributed by atoms with van der Waals surface area (Å²) in [5.74, 6) is -0.310. The summed E-state index contributed by atoms with van der Waals surface area (Å²) in [4.78, 5) is 11.8. The van der Waals surface area contributed by atoms with Gasteiger partial charge in [0.15, 0.2) is 0 Å². The number of carbonyl (C=O) groups is 1. The summed E-state index contributed by atoms with van der Waals surface area (Å²) in [6, 6.07) is 5.66. The van der Waals surface area contributed by atoms with E-state index < -0.39 is 12.0 Å². The summed E-state index contributed by atoms with van der Waals surface area (Å²) < 4.78 is 28.2. The van der Waals surface area contributed by atoms with Crippen molar-refractivity contribution < 1.29 is 18.3 Å². The predicted octanol–water partition coefficient (Wildman–Crippen LogP) is 3.48. The SMILES string of the molecule is CC(C)(C)NC(=O)C(Cl)c1ccc(OC(F)F)cc1. The Bertz CT molecular complexity index is 429. The number of alkyl halides is 3. The zero-order chi connectivity index (χ0) is 14.6. The first-order valence-corrected chi connectivity index (χ1v) is 6.13. The van der Waals surface area contributed by atoms with Crippen molar-refractivity contribution in [3.8, 4) is 5.75 Å². The lowest BCUT2D eigenvalue weighted by Gasteiger charge is -2.22. The molecule has 0 bridgehead atoms. The topological polar surface area (TPSA) is 38.3 Å². The molecule has 0 aliphatic rings. The van der Waals surface area contributed by atoms with Gasteiger partial charge in [-0.3, -0.25) is 4.79 Å². The average Bonchev–Trinajstić information content (AvgIpc) is 2.26. The number of halogens is 3. The highest BCUT2D eigenvalue weighted by Crippen LogP contribution is 2.24. The van der Waals surface area contributed by atoms with E-state index in [1.54, 1.807) is 0 Å². The molecular weight excluding hydrogens is 276 g/mol. The van der Waals surface area contributed by atoms with Crippen LogP contribution >= 0.6 is 11.6 Å².